The summed E-state index contributed by atoms with van der Waals surface area (Å²) in [6.07, 6.45) is 0.727. The van der Waals surface area contributed by atoms with Crippen molar-refractivity contribution < 1.29 is 32.9 Å². The van der Waals surface area contributed by atoms with Crippen LogP contribution in [0, 0.1) is 0 Å². The predicted molar refractivity (Wildman–Crippen MR) is 74.9 cm³/mol. The van der Waals surface area contributed by atoms with Crippen molar-refractivity contribution in [3.05, 3.63) is 35.4 Å². The van der Waals surface area contributed by atoms with E-state index in [2.05, 4.69) is 45.0 Å². The number of hydrogen-bond acceptors (Lipinski definition) is 2. The zero-order valence-electron chi connectivity index (χ0n) is 12.2. The Hall–Kier alpha value is -0.0849. The van der Waals surface area contributed by atoms with Gasteiger partial charge in [-0.15, -0.1) is 0 Å². The number of halogens is 1. The van der Waals surface area contributed by atoms with Gasteiger partial charge in [-0.1, -0.05) is 0 Å². The van der Waals surface area contributed by atoms with E-state index in [0.717, 1.165) is 15.9 Å². The molecular weight excluding hydrogens is 448 g/mol. The van der Waals surface area contributed by atoms with Crippen molar-refractivity contribution in [2.24, 2.45) is 0 Å². The van der Waals surface area contributed by atoms with Gasteiger partial charge in [-0.2, -0.15) is 0 Å². The van der Waals surface area contributed by atoms with Crippen molar-refractivity contribution in [3.63, 3.8) is 0 Å². The van der Waals surface area contributed by atoms with Crippen LogP contribution in [0.15, 0.2) is 24.3 Å². The summed E-state index contributed by atoms with van der Waals surface area (Å²) in [5.74, 6) is -0.226. The Bertz CT molecular complexity index is 409. The Balaban J connectivity index is 2.87. The first kappa shape index (κ1) is 17.0. The number of hydrogen-bond donors (Lipinski definition) is 0. The van der Waals surface area contributed by atoms with E-state index >= 15 is 0 Å². The van der Waals surface area contributed by atoms with Crippen LogP contribution in [0.5, 0.6) is 0 Å². The minimum absolute atomic E-state index is 0.134. The molecule has 0 fully saturated rings. The molecule has 1 unspecified atom stereocenters. The molecule has 19 heavy (non-hydrogen) atoms. The molecule has 4 heteroatoms. The van der Waals surface area contributed by atoms with E-state index in [4.69, 9.17) is 13.0 Å². The molecule has 0 N–H and O–H groups in total. The maximum absolute atomic E-state index is 11.2. The van der Waals surface area contributed by atoms with Crippen molar-refractivity contribution in [1.29, 1.82) is 0 Å². The Morgan fingerprint density at radius 3 is 2.32 bits per heavy atom. The molecule has 0 aliphatic heterocycles. The number of carbonyl (C=O) groups is 1. The second-order valence-electron chi connectivity index (χ2n) is 5.80. The topological polar surface area (TPSA) is 26.3 Å². The van der Waals surface area contributed by atoms with E-state index in [1.807, 2.05) is 0 Å². The average Bonchev–Trinajstić information content (AvgIpc) is 2.33. The summed E-state index contributed by atoms with van der Waals surface area (Å²) in [6.45, 7) is 8.03. The molecule has 0 heterocycles. The van der Waals surface area contributed by atoms with Gasteiger partial charge in [-0.05, 0) is 0 Å². The van der Waals surface area contributed by atoms with E-state index in [1.165, 1.54) is 12.5 Å². The molecular formula is C15H21ClHgO2. The van der Waals surface area contributed by atoms with Crippen molar-refractivity contribution in [2.45, 2.75) is 49.6 Å². The Labute approximate surface area is 131 Å². The van der Waals surface area contributed by atoms with Crippen LogP contribution < -0.4 is 0 Å². The monoisotopic (exact) mass is 470 g/mol. The SMILES string of the molecule is CC(=O)OC(C[CH2][Hg][Cl])c1ccc(C(C)(C)C)cc1. The molecule has 1 atom stereocenters. The van der Waals surface area contributed by atoms with Gasteiger partial charge < -0.3 is 0 Å². The summed E-state index contributed by atoms with van der Waals surface area (Å²) in [6, 6.07) is 8.38. The van der Waals surface area contributed by atoms with Crippen molar-refractivity contribution in [1.82, 2.24) is 0 Å². The normalized spacial score (nSPS) is 12.7. The molecule has 1 aromatic rings. The number of carbonyl (C=O) groups excluding carboxylic acids is 1. The van der Waals surface area contributed by atoms with E-state index in [1.54, 1.807) is 0 Å². The van der Waals surface area contributed by atoms with Crippen LogP contribution >= 0.6 is 8.25 Å². The maximum atomic E-state index is 11.2. The van der Waals surface area contributed by atoms with Crippen LogP contribution in [0.1, 0.15) is 51.3 Å². The van der Waals surface area contributed by atoms with Gasteiger partial charge >= 0.3 is 132 Å². The minimum atomic E-state index is -1.18. The van der Waals surface area contributed by atoms with Gasteiger partial charge in [0.1, 0.15) is 0 Å². The number of rotatable bonds is 5. The number of esters is 1. The van der Waals surface area contributed by atoms with Crippen LogP contribution in [-0.2, 0) is 38.3 Å². The van der Waals surface area contributed by atoms with Crippen LogP contribution in [0.2, 0.25) is 3.93 Å². The van der Waals surface area contributed by atoms with Gasteiger partial charge in [0.05, 0.1) is 0 Å². The number of benzene rings is 1. The van der Waals surface area contributed by atoms with Crippen LogP contribution in [0.25, 0.3) is 0 Å². The molecule has 0 bridgehead atoms. The summed E-state index contributed by atoms with van der Waals surface area (Å²) >= 11 is -1.18. The van der Waals surface area contributed by atoms with Gasteiger partial charge in [0.15, 0.2) is 0 Å². The average molecular weight is 469 g/mol. The van der Waals surface area contributed by atoms with Gasteiger partial charge in [-0.3, -0.25) is 0 Å². The van der Waals surface area contributed by atoms with E-state index in [-0.39, 0.29) is 17.5 Å². The second kappa shape index (κ2) is 7.63. The quantitative estimate of drug-likeness (QED) is 0.464. The van der Waals surface area contributed by atoms with Crippen molar-refractivity contribution in [3.8, 4) is 0 Å². The third-order valence-corrected chi connectivity index (χ3v) is 8.03. The molecule has 1 aromatic carbocycles. The molecule has 0 saturated heterocycles. The molecule has 0 aliphatic carbocycles. The summed E-state index contributed by atoms with van der Waals surface area (Å²) in [4.78, 5) is 11.2. The van der Waals surface area contributed by atoms with Crippen molar-refractivity contribution in [2.75, 3.05) is 0 Å². The number of ether oxygens (including phenoxy) is 1. The molecule has 0 radical (unpaired) electrons. The molecule has 0 aliphatic rings. The Morgan fingerprint density at radius 1 is 1.32 bits per heavy atom. The van der Waals surface area contributed by atoms with Gasteiger partial charge in [-0.25, -0.2) is 0 Å². The van der Waals surface area contributed by atoms with Gasteiger partial charge in [0, 0.05) is 0 Å². The van der Waals surface area contributed by atoms with Crippen LogP contribution in [0.3, 0.4) is 0 Å². The summed E-state index contributed by atoms with van der Waals surface area (Å²) in [7, 11) is 5.94. The molecule has 0 aromatic heterocycles. The molecule has 1 rings (SSSR count). The van der Waals surface area contributed by atoms with E-state index in [9.17, 15) is 4.79 Å². The molecule has 0 amide bonds. The first-order chi connectivity index (χ1) is 8.84. The van der Waals surface area contributed by atoms with Crippen LogP contribution in [-0.4, -0.2) is 5.97 Å². The fourth-order valence-corrected chi connectivity index (χ4v) is 5.35. The van der Waals surface area contributed by atoms with Crippen LogP contribution in [0.4, 0.5) is 0 Å². The third kappa shape index (κ3) is 5.82. The molecule has 0 saturated carbocycles. The summed E-state index contributed by atoms with van der Waals surface area (Å²) in [5, 5.41) is 0. The fraction of sp³-hybridized carbons (Fsp3) is 0.533. The molecule has 2 nitrogen and oxygen atoms in total. The molecule has 0 spiro atoms. The van der Waals surface area contributed by atoms with Crippen molar-refractivity contribution >= 4 is 14.2 Å². The standard InChI is InChI=1S/C15H21O2.ClH.Hg/c1-6-14(17-11(2)16)12-7-9-13(10-8-12)15(3,4)5;;/h7-10,14H,1,6H2,2-5H3;1H;/q;;+1/p-1. The third-order valence-electron chi connectivity index (χ3n) is 3.06. The second-order valence-corrected chi connectivity index (χ2v) is 13.3. The zero-order valence-corrected chi connectivity index (χ0v) is 18.5. The molecule has 102 valence electrons. The Morgan fingerprint density at radius 2 is 1.89 bits per heavy atom. The Kier molecular flexibility index (Phi) is 6.82. The fourth-order valence-electron chi connectivity index (χ4n) is 1.95. The van der Waals surface area contributed by atoms with E-state index in [0.29, 0.717) is 0 Å². The summed E-state index contributed by atoms with van der Waals surface area (Å²) in [5.41, 5.74) is 2.50. The van der Waals surface area contributed by atoms with E-state index < -0.39 is 23.3 Å². The predicted octanol–water partition coefficient (Wildman–Crippen LogP) is 4.63. The van der Waals surface area contributed by atoms with Gasteiger partial charge in [0.2, 0.25) is 0 Å². The first-order valence-electron chi connectivity index (χ1n) is 6.68. The first-order valence-corrected chi connectivity index (χ1v) is 17.3. The summed E-state index contributed by atoms with van der Waals surface area (Å²) < 4.78 is 6.46. The zero-order chi connectivity index (χ0) is 14.5. The van der Waals surface area contributed by atoms with Gasteiger partial charge in [0.25, 0.3) is 0 Å².